The van der Waals surface area contributed by atoms with Crippen molar-refractivity contribution in [3.05, 3.63) is 27.4 Å². The number of hydrogen-bond acceptors (Lipinski definition) is 4. The van der Waals surface area contributed by atoms with Gasteiger partial charge in [-0.05, 0) is 17.9 Å². The first kappa shape index (κ1) is 9.83. The second-order valence-corrected chi connectivity index (χ2v) is 5.03. The standard InChI is InChI=1S/C10H12N2S2/c1-2-7-10(8-4-3-5-13-8)12-9(6-11)14-7/h3-5H,2,6,11H2,1H3. The maximum atomic E-state index is 5.59. The Balaban J connectivity index is 2.46. The van der Waals surface area contributed by atoms with E-state index in [-0.39, 0.29) is 0 Å². The fourth-order valence-electron chi connectivity index (χ4n) is 1.33. The molecule has 0 aliphatic rings. The number of hydrogen-bond donors (Lipinski definition) is 1. The molecule has 2 aromatic rings. The highest BCUT2D eigenvalue weighted by molar-refractivity contribution is 7.15. The summed E-state index contributed by atoms with van der Waals surface area (Å²) in [4.78, 5) is 7.13. The van der Waals surface area contributed by atoms with Crippen molar-refractivity contribution in [1.29, 1.82) is 0 Å². The molecule has 4 heteroatoms. The highest BCUT2D eigenvalue weighted by Gasteiger charge is 2.11. The number of rotatable bonds is 3. The number of aryl methyl sites for hydroxylation is 1. The molecule has 2 aromatic heterocycles. The van der Waals surface area contributed by atoms with E-state index in [9.17, 15) is 0 Å². The van der Waals surface area contributed by atoms with Crippen molar-refractivity contribution in [3.8, 4) is 10.6 Å². The molecule has 0 amide bonds. The van der Waals surface area contributed by atoms with Gasteiger partial charge in [-0.3, -0.25) is 0 Å². The van der Waals surface area contributed by atoms with Crippen LogP contribution < -0.4 is 5.73 Å². The van der Waals surface area contributed by atoms with Crippen molar-refractivity contribution in [2.45, 2.75) is 19.9 Å². The molecular weight excluding hydrogens is 212 g/mol. The van der Waals surface area contributed by atoms with E-state index in [1.54, 1.807) is 22.7 Å². The first-order chi connectivity index (χ1) is 6.85. The third-order valence-corrected chi connectivity index (χ3v) is 4.09. The van der Waals surface area contributed by atoms with Gasteiger partial charge in [-0.25, -0.2) is 4.98 Å². The van der Waals surface area contributed by atoms with Crippen molar-refractivity contribution in [2.24, 2.45) is 5.73 Å². The molecule has 0 fully saturated rings. The average molecular weight is 224 g/mol. The number of nitrogens with zero attached hydrogens (tertiary/aromatic N) is 1. The third kappa shape index (κ3) is 1.73. The van der Waals surface area contributed by atoms with Crippen LogP contribution in [0, 0.1) is 0 Å². The first-order valence-corrected chi connectivity index (χ1v) is 6.27. The maximum absolute atomic E-state index is 5.59. The van der Waals surface area contributed by atoms with Gasteiger partial charge in [0.2, 0.25) is 0 Å². The summed E-state index contributed by atoms with van der Waals surface area (Å²) in [6, 6.07) is 4.17. The number of thiazole rings is 1. The molecule has 2 heterocycles. The fourth-order valence-corrected chi connectivity index (χ4v) is 3.04. The van der Waals surface area contributed by atoms with Crippen LogP contribution in [-0.4, -0.2) is 4.98 Å². The van der Waals surface area contributed by atoms with Gasteiger partial charge in [0, 0.05) is 11.4 Å². The van der Waals surface area contributed by atoms with Crippen LogP contribution in [0.25, 0.3) is 10.6 Å². The maximum Gasteiger partial charge on any atom is 0.107 e. The summed E-state index contributed by atoms with van der Waals surface area (Å²) in [6.45, 7) is 2.70. The number of aromatic nitrogens is 1. The molecule has 2 N–H and O–H groups in total. The zero-order valence-corrected chi connectivity index (χ0v) is 9.62. The average Bonchev–Trinajstić information content (AvgIpc) is 2.85. The topological polar surface area (TPSA) is 38.9 Å². The minimum atomic E-state index is 0.545. The Labute approximate surface area is 91.4 Å². The molecule has 0 atom stereocenters. The first-order valence-electron chi connectivity index (χ1n) is 4.57. The molecular formula is C10H12N2S2. The highest BCUT2D eigenvalue weighted by Crippen LogP contribution is 2.31. The van der Waals surface area contributed by atoms with E-state index in [1.165, 1.54) is 9.75 Å². The van der Waals surface area contributed by atoms with E-state index in [4.69, 9.17) is 5.73 Å². The summed E-state index contributed by atoms with van der Waals surface area (Å²) in [6.07, 6.45) is 1.03. The summed E-state index contributed by atoms with van der Waals surface area (Å²) >= 11 is 3.46. The van der Waals surface area contributed by atoms with E-state index < -0.39 is 0 Å². The van der Waals surface area contributed by atoms with Gasteiger partial charge < -0.3 is 5.73 Å². The summed E-state index contributed by atoms with van der Waals surface area (Å²) < 4.78 is 0. The Morgan fingerprint density at radius 3 is 2.93 bits per heavy atom. The van der Waals surface area contributed by atoms with Crippen LogP contribution >= 0.6 is 22.7 Å². The van der Waals surface area contributed by atoms with Crippen molar-refractivity contribution in [1.82, 2.24) is 4.98 Å². The molecule has 0 unspecified atom stereocenters. The summed E-state index contributed by atoms with van der Waals surface area (Å²) in [5, 5.41) is 3.11. The van der Waals surface area contributed by atoms with Crippen molar-refractivity contribution >= 4 is 22.7 Å². The SMILES string of the molecule is CCc1sc(CN)nc1-c1cccs1. The molecule has 14 heavy (non-hydrogen) atoms. The van der Waals surface area contributed by atoms with Gasteiger partial charge in [0.1, 0.15) is 5.01 Å². The molecule has 0 saturated heterocycles. The van der Waals surface area contributed by atoms with E-state index >= 15 is 0 Å². The Bertz CT molecular complexity index is 404. The number of thiophene rings is 1. The molecule has 2 rings (SSSR count). The Morgan fingerprint density at radius 1 is 1.50 bits per heavy atom. The predicted molar refractivity (Wildman–Crippen MR) is 62.7 cm³/mol. The van der Waals surface area contributed by atoms with Crippen LogP contribution in [0.3, 0.4) is 0 Å². The summed E-state index contributed by atoms with van der Waals surface area (Å²) in [5.41, 5.74) is 6.72. The lowest BCUT2D eigenvalue weighted by Gasteiger charge is -1.93. The van der Waals surface area contributed by atoms with Crippen LogP contribution in [0.1, 0.15) is 16.8 Å². The lowest BCUT2D eigenvalue weighted by Crippen LogP contribution is -1.94. The highest BCUT2D eigenvalue weighted by atomic mass is 32.1. The van der Waals surface area contributed by atoms with Crippen molar-refractivity contribution in [3.63, 3.8) is 0 Å². The quantitative estimate of drug-likeness (QED) is 0.870. The molecule has 0 aromatic carbocycles. The van der Waals surface area contributed by atoms with Gasteiger partial charge in [-0.15, -0.1) is 22.7 Å². The van der Waals surface area contributed by atoms with E-state index in [0.717, 1.165) is 17.1 Å². The van der Waals surface area contributed by atoms with Crippen LogP contribution in [0.4, 0.5) is 0 Å². The largest absolute Gasteiger partial charge is 0.325 e. The summed E-state index contributed by atoms with van der Waals surface area (Å²) in [7, 11) is 0. The number of nitrogens with two attached hydrogens (primary N) is 1. The second kappa shape index (κ2) is 4.21. The van der Waals surface area contributed by atoms with Crippen LogP contribution in [0.5, 0.6) is 0 Å². The smallest absolute Gasteiger partial charge is 0.107 e. The van der Waals surface area contributed by atoms with E-state index in [1.807, 2.05) is 0 Å². The molecule has 0 aliphatic carbocycles. The predicted octanol–water partition coefficient (Wildman–Crippen LogP) is 2.89. The normalized spacial score (nSPS) is 10.7. The van der Waals surface area contributed by atoms with Gasteiger partial charge >= 0.3 is 0 Å². The van der Waals surface area contributed by atoms with Gasteiger partial charge in [-0.1, -0.05) is 13.0 Å². The van der Waals surface area contributed by atoms with Gasteiger partial charge in [-0.2, -0.15) is 0 Å². The van der Waals surface area contributed by atoms with Crippen molar-refractivity contribution < 1.29 is 0 Å². The molecule has 0 spiro atoms. The fraction of sp³-hybridized carbons (Fsp3) is 0.300. The molecule has 2 nitrogen and oxygen atoms in total. The Morgan fingerprint density at radius 2 is 2.36 bits per heavy atom. The molecule has 0 radical (unpaired) electrons. The zero-order chi connectivity index (χ0) is 9.97. The second-order valence-electron chi connectivity index (χ2n) is 2.91. The zero-order valence-electron chi connectivity index (χ0n) is 7.99. The molecule has 74 valence electrons. The van der Waals surface area contributed by atoms with Gasteiger partial charge in [0.05, 0.1) is 10.6 Å². The van der Waals surface area contributed by atoms with Gasteiger partial charge in [0.15, 0.2) is 0 Å². The Kier molecular flexibility index (Phi) is 2.96. The third-order valence-electron chi connectivity index (χ3n) is 1.99. The van der Waals surface area contributed by atoms with Gasteiger partial charge in [0.25, 0.3) is 0 Å². The lowest BCUT2D eigenvalue weighted by atomic mass is 10.2. The summed E-state index contributed by atoms with van der Waals surface area (Å²) in [5.74, 6) is 0. The molecule has 0 bridgehead atoms. The van der Waals surface area contributed by atoms with Crippen LogP contribution in [0.15, 0.2) is 17.5 Å². The Hall–Kier alpha value is -0.710. The molecule has 0 aliphatic heterocycles. The molecule has 0 saturated carbocycles. The van der Waals surface area contributed by atoms with Crippen molar-refractivity contribution in [2.75, 3.05) is 0 Å². The van der Waals surface area contributed by atoms with E-state index in [0.29, 0.717) is 6.54 Å². The monoisotopic (exact) mass is 224 g/mol. The minimum Gasteiger partial charge on any atom is -0.325 e. The van der Waals surface area contributed by atoms with Crippen LogP contribution in [-0.2, 0) is 13.0 Å². The van der Waals surface area contributed by atoms with E-state index in [2.05, 4.69) is 29.4 Å². The lowest BCUT2D eigenvalue weighted by molar-refractivity contribution is 1.04. The van der Waals surface area contributed by atoms with Crippen LogP contribution in [0.2, 0.25) is 0 Å². The minimum absolute atomic E-state index is 0.545.